The number of nitrogens with zero attached hydrogens (tertiary/aromatic N) is 1. The standard InChI is InChI=1S/C17H20N2O3S/c1-10(2)18-17-19-15(9-23-17)16(21)8-12-7-13(22-4)5-6-14(12)11(3)20/h5-7,9-10H,8H2,1-4H3,(H,18,19). The zero-order chi connectivity index (χ0) is 17.0. The van der Waals surface area contributed by atoms with Crippen LogP contribution in [0.4, 0.5) is 5.13 Å². The molecule has 1 aromatic heterocycles. The number of hydrogen-bond donors (Lipinski definition) is 1. The van der Waals surface area contributed by atoms with E-state index in [4.69, 9.17) is 4.74 Å². The van der Waals surface area contributed by atoms with E-state index >= 15 is 0 Å². The van der Waals surface area contributed by atoms with Gasteiger partial charge in [0, 0.05) is 23.4 Å². The second-order valence-electron chi connectivity index (χ2n) is 5.52. The summed E-state index contributed by atoms with van der Waals surface area (Å²) in [5.41, 5.74) is 1.61. The lowest BCUT2D eigenvalue weighted by Crippen LogP contribution is -2.11. The highest BCUT2D eigenvalue weighted by Crippen LogP contribution is 2.22. The number of benzene rings is 1. The number of carbonyl (C=O) groups excluding carboxylic acids is 2. The van der Waals surface area contributed by atoms with Gasteiger partial charge in [-0.2, -0.15) is 0 Å². The fourth-order valence-electron chi connectivity index (χ4n) is 2.17. The van der Waals surface area contributed by atoms with Gasteiger partial charge in [0.25, 0.3) is 0 Å². The van der Waals surface area contributed by atoms with Crippen LogP contribution in [-0.2, 0) is 6.42 Å². The maximum Gasteiger partial charge on any atom is 0.186 e. The van der Waals surface area contributed by atoms with Gasteiger partial charge >= 0.3 is 0 Å². The molecule has 2 aromatic rings. The van der Waals surface area contributed by atoms with Crippen molar-refractivity contribution in [3.8, 4) is 5.75 Å². The van der Waals surface area contributed by atoms with Crippen molar-refractivity contribution in [2.45, 2.75) is 33.2 Å². The van der Waals surface area contributed by atoms with Crippen LogP contribution in [0.1, 0.15) is 47.2 Å². The van der Waals surface area contributed by atoms with Crippen LogP contribution in [0, 0.1) is 0 Å². The Labute approximate surface area is 139 Å². The summed E-state index contributed by atoms with van der Waals surface area (Å²) >= 11 is 1.40. The number of methoxy groups -OCH3 is 1. The molecule has 0 saturated carbocycles. The van der Waals surface area contributed by atoms with Gasteiger partial charge in [0.15, 0.2) is 16.7 Å². The first-order valence-corrected chi connectivity index (χ1v) is 8.21. The molecule has 5 nitrogen and oxygen atoms in total. The number of hydrogen-bond acceptors (Lipinski definition) is 6. The van der Waals surface area contributed by atoms with Crippen LogP contribution in [-0.4, -0.2) is 29.7 Å². The number of ether oxygens (including phenoxy) is 1. The molecular formula is C17H20N2O3S. The van der Waals surface area contributed by atoms with Crippen LogP contribution in [0.25, 0.3) is 0 Å². The average molecular weight is 332 g/mol. The quantitative estimate of drug-likeness (QED) is 0.785. The molecular weight excluding hydrogens is 312 g/mol. The fraction of sp³-hybridized carbons (Fsp3) is 0.353. The molecule has 0 amide bonds. The van der Waals surface area contributed by atoms with Gasteiger partial charge in [-0.3, -0.25) is 9.59 Å². The van der Waals surface area contributed by atoms with E-state index in [9.17, 15) is 9.59 Å². The Kier molecular flexibility index (Phi) is 5.50. The molecule has 1 N–H and O–H groups in total. The first kappa shape index (κ1) is 17.1. The van der Waals surface area contributed by atoms with E-state index in [1.54, 1.807) is 30.7 Å². The van der Waals surface area contributed by atoms with E-state index in [1.165, 1.54) is 18.3 Å². The van der Waals surface area contributed by atoms with Gasteiger partial charge in [0.1, 0.15) is 11.4 Å². The number of anilines is 1. The molecule has 0 aliphatic rings. The predicted molar refractivity (Wildman–Crippen MR) is 91.9 cm³/mol. The molecule has 1 heterocycles. The maximum absolute atomic E-state index is 12.5. The Hall–Kier alpha value is -2.21. The molecule has 0 atom stereocenters. The van der Waals surface area contributed by atoms with Crippen molar-refractivity contribution in [2.24, 2.45) is 0 Å². The first-order valence-electron chi connectivity index (χ1n) is 7.33. The summed E-state index contributed by atoms with van der Waals surface area (Å²) in [6, 6.07) is 5.40. The number of rotatable bonds is 7. The van der Waals surface area contributed by atoms with Crippen LogP contribution < -0.4 is 10.1 Å². The third-order valence-electron chi connectivity index (χ3n) is 3.24. The smallest absolute Gasteiger partial charge is 0.186 e. The van der Waals surface area contributed by atoms with E-state index in [0.717, 1.165) is 5.13 Å². The largest absolute Gasteiger partial charge is 0.497 e. The summed E-state index contributed by atoms with van der Waals surface area (Å²) in [6.07, 6.45) is 0.122. The lowest BCUT2D eigenvalue weighted by Gasteiger charge is -2.08. The number of ketones is 2. The molecule has 1 aromatic carbocycles. The molecule has 0 fully saturated rings. The normalized spacial score (nSPS) is 10.7. The lowest BCUT2D eigenvalue weighted by atomic mass is 9.98. The van der Waals surface area contributed by atoms with E-state index in [0.29, 0.717) is 22.6 Å². The Morgan fingerprint density at radius 2 is 2.09 bits per heavy atom. The highest BCUT2D eigenvalue weighted by Gasteiger charge is 2.16. The topological polar surface area (TPSA) is 68.3 Å². The number of Topliss-reactive ketones (excluding diaryl/α,β-unsaturated/α-hetero) is 2. The minimum Gasteiger partial charge on any atom is -0.497 e. The van der Waals surface area contributed by atoms with E-state index in [1.807, 2.05) is 13.8 Å². The van der Waals surface area contributed by atoms with Gasteiger partial charge < -0.3 is 10.1 Å². The van der Waals surface area contributed by atoms with Gasteiger partial charge in [-0.05, 0) is 44.5 Å². The average Bonchev–Trinajstić information content (AvgIpc) is 2.94. The predicted octanol–water partition coefficient (Wildman–Crippen LogP) is 3.60. The third-order valence-corrected chi connectivity index (χ3v) is 4.02. The second-order valence-corrected chi connectivity index (χ2v) is 6.37. The number of thiazole rings is 1. The molecule has 2 rings (SSSR count). The van der Waals surface area contributed by atoms with Crippen molar-refractivity contribution < 1.29 is 14.3 Å². The Balaban J connectivity index is 2.22. The summed E-state index contributed by atoms with van der Waals surface area (Å²) in [5.74, 6) is 0.433. The monoisotopic (exact) mass is 332 g/mol. The Morgan fingerprint density at radius 1 is 1.35 bits per heavy atom. The fourth-order valence-corrected chi connectivity index (χ4v) is 3.03. The lowest BCUT2D eigenvalue weighted by molar-refractivity contribution is 0.0988. The maximum atomic E-state index is 12.5. The van der Waals surface area contributed by atoms with Crippen molar-refractivity contribution in [3.63, 3.8) is 0 Å². The summed E-state index contributed by atoms with van der Waals surface area (Å²) in [7, 11) is 1.55. The van der Waals surface area contributed by atoms with Crippen molar-refractivity contribution in [3.05, 3.63) is 40.4 Å². The molecule has 0 radical (unpaired) electrons. The van der Waals surface area contributed by atoms with Crippen LogP contribution in [0.2, 0.25) is 0 Å². The van der Waals surface area contributed by atoms with Crippen molar-refractivity contribution >= 4 is 28.0 Å². The molecule has 0 saturated heterocycles. The van der Waals surface area contributed by atoms with Gasteiger partial charge in [-0.15, -0.1) is 11.3 Å². The molecule has 0 bridgehead atoms. The molecule has 0 spiro atoms. The van der Waals surface area contributed by atoms with Gasteiger partial charge in [0.2, 0.25) is 0 Å². The second kappa shape index (κ2) is 7.37. The van der Waals surface area contributed by atoms with Crippen LogP contribution in [0.5, 0.6) is 5.75 Å². The zero-order valence-corrected chi connectivity index (χ0v) is 14.5. The van der Waals surface area contributed by atoms with Gasteiger partial charge in [-0.1, -0.05) is 0 Å². The Morgan fingerprint density at radius 3 is 2.70 bits per heavy atom. The zero-order valence-electron chi connectivity index (χ0n) is 13.7. The molecule has 23 heavy (non-hydrogen) atoms. The molecule has 6 heteroatoms. The van der Waals surface area contributed by atoms with Gasteiger partial charge in [0.05, 0.1) is 7.11 Å². The molecule has 0 unspecified atom stereocenters. The summed E-state index contributed by atoms with van der Waals surface area (Å²) in [5, 5.41) is 5.63. The van der Waals surface area contributed by atoms with Gasteiger partial charge in [-0.25, -0.2) is 4.98 Å². The van der Waals surface area contributed by atoms with Crippen molar-refractivity contribution in [2.75, 3.05) is 12.4 Å². The molecule has 0 aliphatic heterocycles. The van der Waals surface area contributed by atoms with Crippen LogP contribution in [0.15, 0.2) is 23.6 Å². The van der Waals surface area contributed by atoms with Crippen molar-refractivity contribution in [1.29, 1.82) is 0 Å². The van der Waals surface area contributed by atoms with Crippen LogP contribution in [0.3, 0.4) is 0 Å². The van der Waals surface area contributed by atoms with Crippen LogP contribution >= 0.6 is 11.3 Å². The minimum atomic E-state index is -0.117. The third kappa shape index (κ3) is 4.39. The molecule has 0 aliphatic carbocycles. The first-order chi connectivity index (χ1) is 10.9. The highest BCUT2D eigenvalue weighted by atomic mass is 32.1. The van der Waals surface area contributed by atoms with E-state index in [-0.39, 0.29) is 24.0 Å². The number of carbonyl (C=O) groups is 2. The molecule has 122 valence electrons. The SMILES string of the molecule is COc1ccc(C(C)=O)c(CC(=O)c2csc(NC(C)C)n2)c1. The summed E-state index contributed by atoms with van der Waals surface area (Å²) < 4.78 is 5.18. The minimum absolute atomic E-state index is 0.0732. The van der Waals surface area contributed by atoms with E-state index < -0.39 is 0 Å². The Bertz CT molecular complexity index is 722. The number of aromatic nitrogens is 1. The number of nitrogens with one attached hydrogen (secondary N) is 1. The summed E-state index contributed by atoms with van der Waals surface area (Å²) in [6.45, 7) is 5.51. The highest BCUT2D eigenvalue weighted by molar-refractivity contribution is 7.13. The van der Waals surface area contributed by atoms with E-state index in [2.05, 4.69) is 10.3 Å². The summed E-state index contributed by atoms with van der Waals surface area (Å²) in [4.78, 5) is 28.5. The van der Waals surface area contributed by atoms with Crippen molar-refractivity contribution in [1.82, 2.24) is 4.98 Å².